The van der Waals surface area contributed by atoms with Crippen molar-refractivity contribution in [3.05, 3.63) is 24.3 Å². The SMILES string of the molecule is CCCN(CCC(=O)NC(C)C)C(=O)c1cnccn1. The van der Waals surface area contributed by atoms with Gasteiger partial charge in [0.1, 0.15) is 5.69 Å². The minimum atomic E-state index is -0.183. The Morgan fingerprint density at radius 3 is 2.60 bits per heavy atom. The largest absolute Gasteiger partial charge is 0.354 e. The molecule has 0 radical (unpaired) electrons. The maximum atomic E-state index is 12.3. The lowest BCUT2D eigenvalue weighted by atomic mass is 10.2. The molecule has 0 fully saturated rings. The molecule has 0 atom stereocenters. The Bertz CT molecular complexity index is 434. The summed E-state index contributed by atoms with van der Waals surface area (Å²) in [5, 5.41) is 2.81. The van der Waals surface area contributed by atoms with E-state index in [4.69, 9.17) is 0 Å². The summed E-state index contributed by atoms with van der Waals surface area (Å²) in [6.07, 6.45) is 5.58. The molecule has 0 saturated carbocycles. The zero-order valence-corrected chi connectivity index (χ0v) is 12.3. The van der Waals surface area contributed by atoms with Crippen molar-refractivity contribution in [2.45, 2.75) is 39.7 Å². The first-order valence-electron chi connectivity index (χ1n) is 6.89. The standard InChI is InChI=1S/C14H22N4O2/c1-4-8-18(9-5-13(19)17-11(2)3)14(20)12-10-15-6-7-16-12/h6-7,10-11H,4-5,8-9H2,1-3H3,(H,17,19). The molecule has 0 spiro atoms. The van der Waals surface area contributed by atoms with E-state index >= 15 is 0 Å². The molecule has 0 unspecified atom stereocenters. The predicted octanol–water partition coefficient (Wildman–Crippen LogP) is 1.24. The number of carbonyl (C=O) groups excluding carboxylic acids is 2. The summed E-state index contributed by atoms with van der Waals surface area (Å²) in [5.74, 6) is -0.231. The van der Waals surface area contributed by atoms with E-state index in [1.807, 2.05) is 20.8 Å². The van der Waals surface area contributed by atoms with Gasteiger partial charge in [-0.15, -0.1) is 0 Å². The molecule has 0 aliphatic heterocycles. The molecule has 0 aliphatic carbocycles. The Labute approximate surface area is 119 Å². The molecule has 0 bridgehead atoms. The zero-order chi connectivity index (χ0) is 15.0. The van der Waals surface area contributed by atoms with Gasteiger partial charge in [0.15, 0.2) is 0 Å². The fraction of sp³-hybridized carbons (Fsp3) is 0.571. The fourth-order valence-corrected chi connectivity index (χ4v) is 1.79. The first kappa shape index (κ1) is 16.1. The first-order chi connectivity index (χ1) is 9.54. The lowest BCUT2D eigenvalue weighted by Gasteiger charge is -2.21. The third kappa shape index (κ3) is 5.34. The van der Waals surface area contributed by atoms with Crippen LogP contribution in [0.4, 0.5) is 0 Å². The summed E-state index contributed by atoms with van der Waals surface area (Å²) in [7, 11) is 0. The van der Waals surface area contributed by atoms with E-state index in [1.54, 1.807) is 4.90 Å². The van der Waals surface area contributed by atoms with Gasteiger partial charge >= 0.3 is 0 Å². The van der Waals surface area contributed by atoms with Gasteiger partial charge in [-0.2, -0.15) is 0 Å². The van der Waals surface area contributed by atoms with Crippen LogP contribution >= 0.6 is 0 Å². The van der Waals surface area contributed by atoms with E-state index in [-0.39, 0.29) is 17.9 Å². The van der Waals surface area contributed by atoms with E-state index in [2.05, 4.69) is 15.3 Å². The highest BCUT2D eigenvalue weighted by Crippen LogP contribution is 2.03. The highest BCUT2D eigenvalue weighted by molar-refractivity contribution is 5.92. The fourth-order valence-electron chi connectivity index (χ4n) is 1.79. The smallest absolute Gasteiger partial charge is 0.274 e. The summed E-state index contributed by atoms with van der Waals surface area (Å²) in [6, 6.07) is 0.109. The molecule has 0 aromatic carbocycles. The van der Waals surface area contributed by atoms with Gasteiger partial charge in [0.2, 0.25) is 5.91 Å². The minimum absolute atomic E-state index is 0.0481. The van der Waals surface area contributed by atoms with Gasteiger partial charge in [-0.1, -0.05) is 6.92 Å². The van der Waals surface area contributed by atoms with Crippen molar-refractivity contribution in [2.24, 2.45) is 0 Å². The molecule has 1 N–H and O–H groups in total. The summed E-state index contributed by atoms with van der Waals surface area (Å²) in [6.45, 7) is 6.80. The van der Waals surface area contributed by atoms with Gasteiger partial charge in [0, 0.05) is 37.9 Å². The summed E-state index contributed by atoms with van der Waals surface area (Å²) in [5.41, 5.74) is 0.310. The Hall–Kier alpha value is -1.98. The quantitative estimate of drug-likeness (QED) is 0.814. The Balaban J connectivity index is 2.60. The highest BCUT2D eigenvalue weighted by Gasteiger charge is 2.17. The number of nitrogens with one attached hydrogen (secondary N) is 1. The maximum Gasteiger partial charge on any atom is 0.274 e. The van der Waals surface area contributed by atoms with Crippen molar-refractivity contribution in [3.63, 3.8) is 0 Å². The summed E-state index contributed by atoms with van der Waals surface area (Å²) in [4.78, 5) is 33.4. The van der Waals surface area contributed by atoms with Gasteiger partial charge in [-0.05, 0) is 20.3 Å². The molecular weight excluding hydrogens is 256 g/mol. The van der Waals surface area contributed by atoms with Crippen LogP contribution in [-0.4, -0.2) is 45.8 Å². The first-order valence-corrected chi connectivity index (χ1v) is 6.89. The molecule has 1 aromatic heterocycles. The van der Waals surface area contributed by atoms with E-state index in [9.17, 15) is 9.59 Å². The molecular formula is C14H22N4O2. The van der Waals surface area contributed by atoms with Gasteiger partial charge in [-0.25, -0.2) is 4.98 Å². The van der Waals surface area contributed by atoms with Gasteiger partial charge < -0.3 is 10.2 Å². The number of carbonyl (C=O) groups is 2. The minimum Gasteiger partial charge on any atom is -0.354 e. The van der Waals surface area contributed by atoms with E-state index in [0.717, 1.165) is 6.42 Å². The molecule has 2 amide bonds. The van der Waals surface area contributed by atoms with Crippen LogP contribution < -0.4 is 5.32 Å². The van der Waals surface area contributed by atoms with Crippen molar-refractivity contribution >= 4 is 11.8 Å². The van der Waals surface area contributed by atoms with Crippen molar-refractivity contribution in [3.8, 4) is 0 Å². The van der Waals surface area contributed by atoms with Crippen LogP contribution in [0.3, 0.4) is 0 Å². The molecule has 6 heteroatoms. The van der Waals surface area contributed by atoms with Gasteiger partial charge in [0.25, 0.3) is 5.91 Å². The average molecular weight is 278 g/mol. The molecule has 0 aliphatic rings. The number of amides is 2. The molecule has 0 saturated heterocycles. The molecule has 1 heterocycles. The molecule has 20 heavy (non-hydrogen) atoms. The number of hydrogen-bond acceptors (Lipinski definition) is 4. The third-order valence-electron chi connectivity index (χ3n) is 2.62. The predicted molar refractivity (Wildman–Crippen MR) is 76.1 cm³/mol. The second-order valence-electron chi connectivity index (χ2n) is 4.86. The Morgan fingerprint density at radius 1 is 1.30 bits per heavy atom. The molecule has 1 aromatic rings. The summed E-state index contributed by atoms with van der Waals surface area (Å²) < 4.78 is 0. The average Bonchev–Trinajstić information content (AvgIpc) is 2.43. The Kier molecular flexibility index (Phi) is 6.63. The lowest BCUT2D eigenvalue weighted by molar-refractivity contribution is -0.121. The van der Waals surface area contributed by atoms with Crippen LogP contribution in [0, 0.1) is 0 Å². The van der Waals surface area contributed by atoms with Crippen LogP contribution in [-0.2, 0) is 4.79 Å². The third-order valence-corrected chi connectivity index (χ3v) is 2.62. The van der Waals surface area contributed by atoms with Crippen LogP contribution in [0.1, 0.15) is 44.1 Å². The molecule has 6 nitrogen and oxygen atoms in total. The number of hydrogen-bond donors (Lipinski definition) is 1. The highest BCUT2D eigenvalue weighted by atomic mass is 16.2. The van der Waals surface area contributed by atoms with Crippen LogP contribution in [0.25, 0.3) is 0 Å². The Morgan fingerprint density at radius 2 is 2.05 bits per heavy atom. The molecule has 1 rings (SSSR count). The zero-order valence-electron chi connectivity index (χ0n) is 12.3. The van der Waals surface area contributed by atoms with Crippen molar-refractivity contribution in [2.75, 3.05) is 13.1 Å². The van der Waals surface area contributed by atoms with E-state index in [1.165, 1.54) is 18.6 Å². The van der Waals surface area contributed by atoms with E-state index < -0.39 is 0 Å². The summed E-state index contributed by atoms with van der Waals surface area (Å²) >= 11 is 0. The normalized spacial score (nSPS) is 10.4. The monoisotopic (exact) mass is 278 g/mol. The number of nitrogens with zero attached hydrogens (tertiary/aromatic N) is 3. The van der Waals surface area contributed by atoms with Crippen molar-refractivity contribution < 1.29 is 9.59 Å². The second-order valence-corrected chi connectivity index (χ2v) is 4.86. The number of rotatable bonds is 7. The van der Waals surface area contributed by atoms with Gasteiger partial charge in [0.05, 0.1) is 6.20 Å². The lowest BCUT2D eigenvalue weighted by Crippen LogP contribution is -2.37. The topological polar surface area (TPSA) is 75.2 Å². The van der Waals surface area contributed by atoms with Crippen molar-refractivity contribution in [1.82, 2.24) is 20.2 Å². The van der Waals surface area contributed by atoms with Crippen LogP contribution in [0.15, 0.2) is 18.6 Å². The number of aromatic nitrogens is 2. The van der Waals surface area contributed by atoms with E-state index in [0.29, 0.717) is 25.2 Å². The van der Waals surface area contributed by atoms with Crippen molar-refractivity contribution in [1.29, 1.82) is 0 Å². The van der Waals surface area contributed by atoms with Crippen LogP contribution in [0.5, 0.6) is 0 Å². The second kappa shape index (κ2) is 8.24. The van der Waals surface area contributed by atoms with Crippen LogP contribution in [0.2, 0.25) is 0 Å². The molecule has 110 valence electrons. The maximum absolute atomic E-state index is 12.3. The van der Waals surface area contributed by atoms with Gasteiger partial charge in [-0.3, -0.25) is 14.6 Å².